The fraction of sp³-hybridized carbons (Fsp3) is 0.933. The van der Waals surface area contributed by atoms with Crippen LogP contribution in [-0.4, -0.2) is 11.9 Å². The number of hydrogen-bond acceptors (Lipinski definition) is 3. The molecule has 0 aromatic carbocycles. The molecule has 5 fully saturated rings. The number of fused-ring (bicyclic) bond motifs is 7. The van der Waals surface area contributed by atoms with E-state index in [2.05, 4.69) is 41.5 Å². The molecule has 0 aromatic heterocycles. The molecule has 0 N–H and O–H groups in total. The standard InChI is InChI=1S/C30H48O3/c1-18(2)19-11-13-27(5)15-16-29(7)20(24(19)27)9-10-22-28(6)17-23(31)33-25(32)26(3,4)21(28)12-14-30(22,29)8/h18-22,24H,9-17H2,1-8H3/t19-,20?,21-,22?,24+,27?,28?,29+,30?/m0/s1. The fourth-order valence-corrected chi connectivity index (χ4v) is 11.3. The maximum absolute atomic E-state index is 12.9. The molecule has 0 aromatic rings. The SMILES string of the molecule is CC(C)[C@@H]1CCC2(C)CC[C@]3(C)C(CCC4C5(C)CC(=O)OC(=O)C(C)(C)[C@@H]5CCC43C)[C@@H]12. The largest absolute Gasteiger partial charge is 0.393 e. The predicted molar refractivity (Wildman–Crippen MR) is 131 cm³/mol. The van der Waals surface area contributed by atoms with E-state index in [1.54, 1.807) is 0 Å². The summed E-state index contributed by atoms with van der Waals surface area (Å²) < 4.78 is 5.36. The highest BCUT2D eigenvalue weighted by Crippen LogP contribution is 2.76. The van der Waals surface area contributed by atoms with E-state index in [0.29, 0.717) is 23.2 Å². The lowest BCUT2D eigenvalue weighted by Gasteiger charge is -2.71. The molecule has 4 saturated carbocycles. The Morgan fingerprint density at radius 2 is 1.48 bits per heavy atom. The average Bonchev–Trinajstić information content (AvgIpc) is 3.03. The second-order valence-electron chi connectivity index (χ2n) is 15.0. The maximum Gasteiger partial charge on any atom is 0.319 e. The molecular weight excluding hydrogens is 408 g/mol. The molecule has 4 aliphatic carbocycles. The van der Waals surface area contributed by atoms with E-state index in [-0.39, 0.29) is 28.7 Å². The van der Waals surface area contributed by atoms with Gasteiger partial charge in [0.1, 0.15) is 0 Å². The number of ether oxygens (including phenoxy) is 1. The smallest absolute Gasteiger partial charge is 0.319 e. The summed E-state index contributed by atoms with van der Waals surface area (Å²) >= 11 is 0. The third-order valence-corrected chi connectivity index (χ3v) is 13.2. The highest BCUT2D eigenvalue weighted by Gasteiger charge is 2.70. The zero-order chi connectivity index (χ0) is 24.2. The van der Waals surface area contributed by atoms with E-state index in [4.69, 9.17) is 4.74 Å². The summed E-state index contributed by atoms with van der Waals surface area (Å²) in [6.45, 7) is 19.2. The molecule has 9 atom stereocenters. The van der Waals surface area contributed by atoms with Gasteiger partial charge >= 0.3 is 11.9 Å². The van der Waals surface area contributed by atoms with Gasteiger partial charge in [-0.25, -0.2) is 0 Å². The molecule has 186 valence electrons. The lowest BCUT2D eigenvalue weighted by molar-refractivity contribution is -0.227. The Hall–Kier alpha value is -0.860. The second kappa shape index (κ2) is 7.10. The molecule has 3 heteroatoms. The second-order valence-corrected chi connectivity index (χ2v) is 15.0. The first kappa shape index (κ1) is 23.9. The fourth-order valence-electron chi connectivity index (χ4n) is 11.3. The van der Waals surface area contributed by atoms with Gasteiger partial charge in [0, 0.05) is 0 Å². The van der Waals surface area contributed by atoms with Gasteiger partial charge in [-0.15, -0.1) is 0 Å². The Morgan fingerprint density at radius 3 is 2.15 bits per heavy atom. The maximum atomic E-state index is 12.9. The zero-order valence-electron chi connectivity index (χ0n) is 22.6. The van der Waals surface area contributed by atoms with E-state index >= 15 is 0 Å². The van der Waals surface area contributed by atoms with Gasteiger partial charge in [-0.2, -0.15) is 0 Å². The molecule has 5 aliphatic rings. The van der Waals surface area contributed by atoms with E-state index in [9.17, 15) is 9.59 Å². The minimum Gasteiger partial charge on any atom is -0.393 e. The van der Waals surface area contributed by atoms with E-state index in [0.717, 1.165) is 30.1 Å². The van der Waals surface area contributed by atoms with Gasteiger partial charge in [-0.1, -0.05) is 41.5 Å². The summed E-state index contributed by atoms with van der Waals surface area (Å²) in [5.41, 5.74) is 0.289. The number of rotatable bonds is 1. The predicted octanol–water partition coefficient (Wildman–Crippen LogP) is 7.42. The van der Waals surface area contributed by atoms with Crippen LogP contribution in [0, 0.1) is 62.6 Å². The number of esters is 2. The summed E-state index contributed by atoms with van der Waals surface area (Å²) in [6.07, 6.45) is 10.7. The van der Waals surface area contributed by atoms with Crippen molar-refractivity contribution in [2.75, 3.05) is 0 Å². The van der Waals surface area contributed by atoms with Gasteiger partial charge in [0.2, 0.25) is 0 Å². The molecule has 5 rings (SSSR count). The summed E-state index contributed by atoms with van der Waals surface area (Å²) in [5, 5.41) is 0. The topological polar surface area (TPSA) is 43.4 Å². The van der Waals surface area contributed by atoms with Crippen LogP contribution in [0.3, 0.4) is 0 Å². The van der Waals surface area contributed by atoms with Crippen LogP contribution in [0.15, 0.2) is 0 Å². The van der Waals surface area contributed by atoms with Crippen LogP contribution in [0.2, 0.25) is 0 Å². The third-order valence-electron chi connectivity index (χ3n) is 13.2. The molecule has 0 bridgehead atoms. The minimum atomic E-state index is -0.598. The van der Waals surface area contributed by atoms with Crippen LogP contribution in [0.1, 0.15) is 113 Å². The molecule has 5 unspecified atom stereocenters. The summed E-state index contributed by atoms with van der Waals surface area (Å²) in [5.74, 6) is 3.36. The van der Waals surface area contributed by atoms with Gasteiger partial charge in [0.25, 0.3) is 0 Å². The Balaban J connectivity index is 1.57. The minimum absolute atomic E-state index is 0.165. The lowest BCUT2D eigenvalue weighted by Crippen LogP contribution is -2.65. The first-order valence-corrected chi connectivity index (χ1v) is 14.0. The van der Waals surface area contributed by atoms with Crippen LogP contribution in [0.5, 0.6) is 0 Å². The molecule has 1 heterocycles. The van der Waals surface area contributed by atoms with E-state index < -0.39 is 5.41 Å². The van der Waals surface area contributed by atoms with Gasteiger partial charge in [-0.05, 0) is 122 Å². The first-order chi connectivity index (χ1) is 15.2. The number of carbonyl (C=O) groups excluding carboxylic acids is 2. The van der Waals surface area contributed by atoms with Crippen LogP contribution in [-0.2, 0) is 14.3 Å². The van der Waals surface area contributed by atoms with Gasteiger partial charge in [0.05, 0.1) is 11.8 Å². The van der Waals surface area contributed by atoms with Crippen molar-refractivity contribution in [3.63, 3.8) is 0 Å². The molecule has 1 aliphatic heterocycles. The van der Waals surface area contributed by atoms with E-state index in [1.165, 1.54) is 44.9 Å². The monoisotopic (exact) mass is 456 g/mol. The van der Waals surface area contributed by atoms with Crippen LogP contribution >= 0.6 is 0 Å². The zero-order valence-corrected chi connectivity index (χ0v) is 22.6. The van der Waals surface area contributed by atoms with Crippen LogP contribution < -0.4 is 0 Å². The van der Waals surface area contributed by atoms with Crippen molar-refractivity contribution in [2.45, 2.75) is 113 Å². The summed E-state index contributed by atoms with van der Waals surface area (Å²) in [6, 6.07) is 0. The molecule has 0 spiro atoms. The Morgan fingerprint density at radius 1 is 0.788 bits per heavy atom. The molecular formula is C30H48O3. The summed E-state index contributed by atoms with van der Waals surface area (Å²) in [7, 11) is 0. The highest BCUT2D eigenvalue weighted by molar-refractivity contribution is 5.90. The number of carbonyl (C=O) groups is 2. The quantitative estimate of drug-likeness (QED) is 0.304. The number of hydrogen-bond donors (Lipinski definition) is 0. The van der Waals surface area contributed by atoms with Crippen molar-refractivity contribution in [2.24, 2.45) is 62.6 Å². The molecule has 1 saturated heterocycles. The average molecular weight is 457 g/mol. The highest BCUT2D eigenvalue weighted by atomic mass is 16.6. The summed E-state index contributed by atoms with van der Waals surface area (Å²) in [4.78, 5) is 25.7. The van der Waals surface area contributed by atoms with Crippen molar-refractivity contribution in [3.05, 3.63) is 0 Å². The Labute approximate surface area is 202 Å². The van der Waals surface area contributed by atoms with Crippen LogP contribution in [0.4, 0.5) is 0 Å². The van der Waals surface area contributed by atoms with Gasteiger partial charge in [-0.3, -0.25) is 9.59 Å². The Kier molecular flexibility index (Phi) is 5.13. The third kappa shape index (κ3) is 2.92. The van der Waals surface area contributed by atoms with Crippen LogP contribution in [0.25, 0.3) is 0 Å². The molecule has 3 nitrogen and oxygen atoms in total. The Bertz CT molecular complexity index is 859. The van der Waals surface area contributed by atoms with Crippen molar-refractivity contribution < 1.29 is 14.3 Å². The molecule has 0 amide bonds. The van der Waals surface area contributed by atoms with Crippen molar-refractivity contribution >= 4 is 11.9 Å². The molecule has 33 heavy (non-hydrogen) atoms. The van der Waals surface area contributed by atoms with E-state index in [1.807, 2.05) is 13.8 Å². The normalized spacial score (nSPS) is 53.4. The lowest BCUT2D eigenvalue weighted by atomic mass is 9.33. The molecule has 0 radical (unpaired) electrons. The first-order valence-electron chi connectivity index (χ1n) is 14.0. The van der Waals surface area contributed by atoms with Gasteiger partial charge in [0.15, 0.2) is 0 Å². The van der Waals surface area contributed by atoms with Crippen molar-refractivity contribution in [1.29, 1.82) is 0 Å². The number of cyclic esters (lactones) is 2. The van der Waals surface area contributed by atoms with Crippen molar-refractivity contribution in [1.82, 2.24) is 0 Å². The van der Waals surface area contributed by atoms with Crippen molar-refractivity contribution in [3.8, 4) is 0 Å². The van der Waals surface area contributed by atoms with Gasteiger partial charge < -0.3 is 4.74 Å².